The van der Waals surface area contributed by atoms with Crippen molar-refractivity contribution in [2.45, 2.75) is 11.1 Å². The number of halogens is 3. The van der Waals surface area contributed by atoms with Gasteiger partial charge >= 0.3 is 6.18 Å². The second-order valence-electron chi connectivity index (χ2n) is 6.54. The fourth-order valence-corrected chi connectivity index (χ4v) is 4.12. The van der Waals surface area contributed by atoms with E-state index in [-0.39, 0.29) is 10.6 Å². The standard InChI is InChI=1S/C20H14F3N3O2S2/c1-30(27,28)16-8-6-15(7-9-16)26-18(10-19(25-26)20(21,22)23)14-4-2-13(3-5-14)17-11-29-12-24-17/h2-12H,1H3. The number of alkyl halides is 3. The molecule has 0 aliphatic heterocycles. The summed E-state index contributed by atoms with van der Waals surface area (Å²) in [4.78, 5) is 4.29. The molecule has 4 aromatic rings. The monoisotopic (exact) mass is 449 g/mol. The van der Waals surface area contributed by atoms with Gasteiger partial charge in [0.1, 0.15) is 0 Å². The first kappa shape index (κ1) is 20.3. The molecule has 154 valence electrons. The summed E-state index contributed by atoms with van der Waals surface area (Å²) in [5.41, 5.74) is 3.38. The molecule has 0 saturated carbocycles. The lowest BCUT2D eigenvalue weighted by atomic mass is 10.1. The number of sulfone groups is 1. The van der Waals surface area contributed by atoms with Gasteiger partial charge in [0.15, 0.2) is 15.5 Å². The lowest BCUT2D eigenvalue weighted by molar-refractivity contribution is -0.141. The van der Waals surface area contributed by atoms with Gasteiger partial charge in [-0.1, -0.05) is 24.3 Å². The van der Waals surface area contributed by atoms with Gasteiger partial charge in [-0.15, -0.1) is 11.3 Å². The molecule has 0 unspecified atom stereocenters. The molecule has 4 rings (SSSR count). The zero-order chi connectivity index (χ0) is 21.5. The Balaban J connectivity index is 1.80. The highest BCUT2D eigenvalue weighted by Crippen LogP contribution is 2.34. The molecule has 2 aromatic heterocycles. The molecule has 0 N–H and O–H groups in total. The van der Waals surface area contributed by atoms with Crippen LogP contribution in [0.3, 0.4) is 0 Å². The number of nitrogens with zero attached hydrogens (tertiary/aromatic N) is 3. The number of thiazole rings is 1. The largest absolute Gasteiger partial charge is 0.435 e. The lowest BCUT2D eigenvalue weighted by Crippen LogP contribution is -2.07. The Morgan fingerprint density at radius 2 is 1.60 bits per heavy atom. The molecular formula is C20H14F3N3O2S2. The summed E-state index contributed by atoms with van der Waals surface area (Å²) in [6.07, 6.45) is -3.56. The SMILES string of the molecule is CS(=O)(=O)c1ccc(-n2nc(C(F)(F)F)cc2-c2ccc(-c3cscn3)cc2)cc1. The summed E-state index contributed by atoms with van der Waals surface area (Å²) >= 11 is 1.45. The first-order valence-corrected chi connectivity index (χ1v) is 11.4. The van der Waals surface area contributed by atoms with Gasteiger partial charge in [0.2, 0.25) is 0 Å². The summed E-state index contributed by atoms with van der Waals surface area (Å²) in [6.45, 7) is 0. The molecule has 0 radical (unpaired) electrons. The van der Waals surface area contributed by atoms with E-state index in [9.17, 15) is 21.6 Å². The van der Waals surface area contributed by atoms with E-state index >= 15 is 0 Å². The van der Waals surface area contributed by atoms with Gasteiger partial charge in [-0.3, -0.25) is 0 Å². The van der Waals surface area contributed by atoms with E-state index in [1.54, 1.807) is 29.8 Å². The van der Waals surface area contributed by atoms with Gasteiger partial charge in [-0.2, -0.15) is 18.3 Å². The highest BCUT2D eigenvalue weighted by atomic mass is 32.2. The van der Waals surface area contributed by atoms with Crippen LogP contribution >= 0.6 is 11.3 Å². The van der Waals surface area contributed by atoms with Crippen molar-refractivity contribution < 1.29 is 21.6 Å². The Morgan fingerprint density at radius 3 is 2.13 bits per heavy atom. The van der Waals surface area contributed by atoms with E-state index in [2.05, 4.69) is 10.1 Å². The van der Waals surface area contributed by atoms with Crippen LogP contribution in [0.4, 0.5) is 13.2 Å². The third-order valence-electron chi connectivity index (χ3n) is 4.42. The van der Waals surface area contributed by atoms with Crippen LogP contribution in [-0.2, 0) is 16.0 Å². The van der Waals surface area contributed by atoms with Crippen molar-refractivity contribution in [2.75, 3.05) is 6.26 Å². The van der Waals surface area contributed by atoms with Crippen LogP contribution in [0.5, 0.6) is 0 Å². The average Bonchev–Trinajstić information content (AvgIpc) is 3.37. The molecule has 0 bridgehead atoms. The van der Waals surface area contributed by atoms with Crippen LogP contribution in [0, 0.1) is 0 Å². The predicted molar refractivity (Wildman–Crippen MR) is 108 cm³/mol. The quantitative estimate of drug-likeness (QED) is 0.436. The smallest absolute Gasteiger partial charge is 0.245 e. The third-order valence-corrected chi connectivity index (χ3v) is 6.13. The second-order valence-corrected chi connectivity index (χ2v) is 9.28. The van der Waals surface area contributed by atoms with Gasteiger partial charge in [0.05, 0.1) is 27.5 Å². The maximum atomic E-state index is 13.3. The first-order valence-electron chi connectivity index (χ1n) is 8.60. The molecule has 10 heteroatoms. The van der Waals surface area contributed by atoms with Crippen molar-refractivity contribution in [2.24, 2.45) is 0 Å². The number of rotatable bonds is 4. The molecular weight excluding hydrogens is 435 g/mol. The highest BCUT2D eigenvalue weighted by molar-refractivity contribution is 7.90. The third kappa shape index (κ3) is 4.01. The van der Waals surface area contributed by atoms with Gasteiger partial charge in [-0.25, -0.2) is 18.1 Å². The van der Waals surface area contributed by atoms with Crippen LogP contribution in [0.25, 0.3) is 28.2 Å². The van der Waals surface area contributed by atoms with Crippen molar-refractivity contribution in [3.63, 3.8) is 0 Å². The van der Waals surface area contributed by atoms with Crippen LogP contribution < -0.4 is 0 Å². The number of benzene rings is 2. The summed E-state index contributed by atoms with van der Waals surface area (Å²) in [5, 5.41) is 5.60. The Kier molecular flexibility index (Phi) is 4.99. The minimum atomic E-state index is -4.62. The Bertz CT molecular complexity index is 1280. The Morgan fingerprint density at radius 1 is 0.967 bits per heavy atom. The lowest BCUT2D eigenvalue weighted by Gasteiger charge is -2.09. The van der Waals surface area contributed by atoms with E-state index in [1.165, 1.54) is 35.6 Å². The molecule has 2 aromatic carbocycles. The van der Waals surface area contributed by atoms with Crippen molar-refractivity contribution in [1.29, 1.82) is 0 Å². The van der Waals surface area contributed by atoms with E-state index in [1.807, 2.05) is 5.38 Å². The molecule has 5 nitrogen and oxygen atoms in total. The molecule has 30 heavy (non-hydrogen) atoms. The minimum absolute atomic E-state index is 0.0728. The fraction of sp³-hybridized carbons (Fsp3) is 0.100. The fourth-order valence-electron chi connectivity index (χ4n) is 2.92. The zero-order valence-electron chi connectivity index (χ0n) is 15.5. The van der Waals surface area contributed by atoms with Crippen molar-refractivity contribution in [3.8, 4) is 28.2 Å². The van der Waals surface area contributed by atoms with Crippen molar-refractivity contribution >= 4 is 21.2 Å². The van der Waals surface area contributed by atoms with Crippen LogP contribution in [0.2, 0.25) is 0 Å². The number of aromatic nitrogens is 3. The predicted octanol–water partition coefficient (Wildman–Crippen LogP) is 5.09. The maximum absolute atomic E-state index is 13.3. The van der Waals surface area contributed by atoms with E-state index in [0.29, 0.717) is 11.3 Å². The molecule has 0 atom stereocenters. The zero-order valence-corrected chi connectivity index (χ0v) is 17.1. The topological polar surface area (TPSA) is 64.8 Å². The molecule has 0 aliphatic rings. The Hall–Kier alpha value is -2.98. The highest BCUT2D eigenvalue weighted by Gasteiger charge is 2.35. The van der Waals surface area contributed by atoms with E-state index in [0.717, 1.165) is 28.3 Å². The number of hydrogen-bond donors (Lipinski definition) is 0. The van der Waals surface area contributed by atoms with Crippen LogP contribution in [0.1, 0.15) is 5.69 Å². The van der Waals surface area contributed by atoms with Crippen LogP contribution in [0.15, 0.2) is 70.4 Å². The molecule has 0 aliphatic carbocycles. The van der Waals surface area contributed by atoms with Crippen molar-refractivity contribution in [3.05, 3.63) is 71.2 Å². The maximum Gasteiger partial charge on any atom is 0.435 e. The normalized spacial score (nSPS) is 12.3. The summed E-state index contributed by atoms with van der Waals surface area (Å²) in [7, 11) is -3.42. The van der Waals surface area contributed by atoms with Gasteiger partial charge in [0.25, 0.3) is 0 Å². The second kappa shape index (κ2) is 7.37. The van der Waals surface area contributed by atoms with Gasteiger partial charge in [-0.05, 0) is 30.3 Å². The molecule has 0 amide bonds. The van der Waals surface area contributed by atoms with Gasteiger partial charge < -0.3 is 0 Å². The molecule has 2 heterocycles. The molecule has 0 saturated heterocycles. The van der Waals surface area contributed by atoms with Crippen LogP contribution in [-0.4, -0.2) is 29.4 Å². The summed E-state index contributed by atoms with van der Waals surface area (Å²) in [5.74, 6) is 0. The van der Waals surface area contributed by atoms with E-state index < -0.39 is 21.7 Å². The Labute approximate surface area is 174 Å². The van der Waals surface area contributed by atoms with E-state index in [4.69, 9.17) is 0 Å². The minimum Gasteiger partial charge on any atom is -0.245 e. The van der Waals surface area contributed by atoms with Crippen molar-refractivity contribution in [1.82, 2.24) is 14.8 Å². The summed E-state index contributed by atoms with van der Waals surface area (Å²) < 4.78 is 64.4. The number of hydrogen-bond acceptors (Lipinski definition) is 5. The average molecular weight is 449 g/mol. The molecule has 0 spiro atoms. The summed E-state index contributed by atoms with van der Waals surface area (Å²) in [6, 6.07) is 13.5. The first-order chi connectivity index (χ1) is 14.1. The van der Waals surface area contributed by atoms with Gasteiger partial charge in [0, 0.05) is 22.8 Å². The molecule has 0 fully saturated rings.